The number of benzene rings is 1. The van der Waals surface area contributed by atoms with Crippen molar-refractivity contribution < 1.29 is 18.0 Å². The summed E-state index contributed by atoms with van der Waals surface area (Å²) < 4.78 is 40.7. The van der Waals surface area contributed by atoms with E-state index in [9.17, 15) is 18.0 Å². The molecule has 32 heavy (non-hydrogen) atoms. The molecule has 1 aliphatic heterocycles. The minimum atomic E-state index is -4.52. The molecule has 0 aliphatic carbocycles. The van der Waals surface area contributed by atoms with Gasteiger partial charge in [-0.1, -0.05) is 13.0 Å². The third kappa shape index (κ3) is 5.12. The van der Waals surface area contributed by atoms with E-state index < -0.39 is 17.9 Å². The first kappa shape index (κ1) is 22.3. The first-order valence-corrected chi connectivity index (χ1v) is 11.2. The number of nitrogens with one attached hydrogen (secondary N) is 2. The molecule has 1 fully saturated rings. The number of thiazole rings is 1. The normalized spacial score (nSPS) is 15.2. The molecule has 1 saturated heterocycles. The number of anilines is 2. The molecule has 0 atom stereocenters. The molecule has 0 spiro atoms. The first-order chi connectivity index (χ1) is 15.2. The van der Waals surface area contributed by atoms with Crippen LogP contribution in [-0.2, 0) is 12.7 Å². The molecular weight excluding hydrogens is 439 g/mol. The summed E-state index contributed by atoms with van der Waals surface area (Å²) in [6.45, 7) is 5.41. The number of nitrogens with zero attached hydrogens (tertiary/aromatic N) is 3. The maximum Gasteiger partial charge on any atom is 0.433 e. The predicted molar refractivity (Wildman–Crippen MR) is 120 cm³/mol. The lowest BCUT2D eigenvalue weighted by atomic mass is 9.99. The summed E-state index contributed by atoms with van der Waals surface area (Å²) in [6.07, 6.45) is -2.73. The summed E-state index contributed by atoms with van der Waals surface area (Å²) in [6, 6.07) is 7.37. The fraction of sp³-hybridized carbons (Fsp3) is 0.409. The van der Waals surface area contributed by atoms with Crippen LogP contribution in [0.25, 0.3) is 10.2 Å². The van der Waals surface area contributed by atoms with Crippen LogP contribution in [0.1, 0.15) is 36.0 Å². The van der Waals surface area contributed by atoms with Crippen molar-refractivity contribution in [3.8, 4) is 0 Å². The highest BCUT2D eigenvalue weighted by molar-refractivity contribution is 7.18. The van der Waals surface area contributed by atoms with Gasteiger partial charge in [0.2, 0.25) is 0 Å². The van der Waals surface area contributed by atoms with Gasteiger partial charge in [-0.15, -0.1) is 11.3 Å². The number of hydrogen-bond acceptors (Lipinski definition) is 5. The van der Waals surface area contributed by atoms with Crippen molar-refractivity contribution in [1.82, 2.24) is 15.3 Å². The van der Waals surface area contributed by atoms with Gasteiger partial charge in [-0.3, -0.25) is 0 Å². The summed E-state index contributed by atoms with van der Waals surface area (Å²) in [4.78, 5) is 22.6. The van der Waals surface area contributed by atoms with Gasteiger partial charge in [0.25, 0.3) is 0 Å². The van der Waals surface area contributed by atoms with Gasteiger partial charge in [0.1, 0.15) is 11.5 Å². The largest absolute Gasteiger partial charge is 0.433 e. The van der Waals surface area contributed by atoms with Gasteiger partial charge in [-0.2, -0.15) is 13.2 Å². The number of aromatic nitrogens is 2. The number of urea groups is 1. The molecule has 0 bridgehead atoms. The van der Waals surface area contributed by atoms with Gasteiger partial charge < -0.3 is 15.5 Å². The van der Waals surface area contributed by atoms with Crippen LogP contribution < -0.4 is 15.5 Å². The van der Waals surface area contributed by atoms with Crippen molar-refractivity contribution in [2.75, 3.05) is 23.3 Å². The van der Waals surface area contributed by atoms with Crippen LogP contribution in [0.3, 0.4) is 0 Å². The number of aryl methyl sites for hydroxylation is 1. The lowest BCUT2D eigenvalue weighted by Gasteiger charge is -2.33. The maximum atomic E-state index is 13.2. The Labute approximate surface area is 187 Å². The average Bonchev–Trinajstić information content (AvgIpc) is 3.11. The Morgan fingerprint density at radius 3 is 2.66 bits per heavy atom. The predicted octanol–water partition coefficient (Wildman–Crippen LogP) is 5.58. The molecule has 2 amide bonds. The SMILES string of the molecule is Cc1nc2ccc(NC(=O)NCc3ccc(C(F)(F)F)nc3N3CCC(C)CC3)cc2s1. The van der Waals surface area contributed by atoms with Crippen LogP contribution in [-0.4, -0.2) is 29.1 Å². The van der Waals surface area contributed by atoms with Gasteiger partial charge in [-0.05, 0) is 49.9 Å². The van der Waals surface area contributed by atoms with Crippen molar-refractivity contribution in [3.05, 3.63) is 46.6 Å². The number of halogens is 3. The number of fused-ring (bicyclic) bond motifs is 1. The number of rotatable bonds is 4. The fourth-order valence-corrected chi connectivity index (χ4v) is 4.60. The minimum absolute atomic E-state index is 0.0697. The second kappa shape index (κ2) is 8.93. The fourth-order valence-electron chi connectivity index (χ4n) is 3.74. The third-order valence-corrected chi connectivity index (χ3v) is 6.46. The van der Waals surface area contributed by atoms with E-state index in [0.717, 1.165) is 34.1 Å². The summed E-state index contributed by atoms with van der Waals surface area (Å²) in [7, 11) is 0. The van der Waals surface area contributed by atoms with Crippen molar-refractivity contribution in [1.29, 1.82) is 0 Å². The number of amides is 2. The van der Waals surface area contributed by atoms with E-state index in [-0.39, 0.29) is 12.4 Å². The molecule has 6 nitrogen and oxygen atoms in total. The zero-order valence-corrected chi connectivity index (χ0v) is 18.6. The Morgan fingerprint density at radius 1 is 1.19 bits per heavy atom. The van der Waals surface area contributed by atoms with E-state index in [4.69, 9.17) is 0 Å². The number of carbonyl (C=O) groups is 1. The monoisotopic (exact) mass is 463 g/mol. The summed E-state index contributed by atoms with van der Waals surface area (Å²) >= 11 is 1.54. The van der Waals surface area contributed by atoms with E-state index in [1.807, 2.05) is 24.0 Å². The maximum absolute atomic E-state index is 13.2. The Morgan fingerprint density at radius 2 is 1.94 bits per heavy atom. The minimum Gasteiger partial charge on any atom is -0.356 e. The lowest BCUT2D eigenvalue weighted by molar-refractivity contribution is -0.141. The molecule has 4 rings (SSSR count). The Hall–Kier alpha value is -2.88. The van der Waals surface area contributed by atoms with Crippen LogP contribution in [0, 0.1) is 12.8 Å². The van der Waals surface area contributed by atoms with Crippen molar-refractivity contribution in [3.63, 3.8) is 0 Å². The van der Waals surface area contributed by atoms with E-state index in [2.05, 4.69) is 27.5 Å². The number of alkyl halides is 3. The van der Waals surface area contributed by atoms with E-state index >= 15 is 0 Å². The summed E-state index contributed by atoms with van der Waals surface area (Å²) in [5.41, 5.74) is 1.12. The number of piperidine rings is 1. The summed E-state index contributed by atoms with van der Waals surface area (Å²) in [5.74, 6) is 0.817. The molecule has 170 valence electrons. The second-order valence-corrected chi connectivity index (χ2v) is 9.30. The highest BCUT2D eigenvalue weighted by atomic mass is 32.1. The van der Waals surface area contributed by atoms with Gasteiger partial charge >= 0.3 is 12.2 Å². The highest BCUT2D eigenvalue weighted by Crippen LogP contribution is 2.32. The van der Waals surface area contributed by atoms with Crippen molar-refractivity contribution in [2.24, 2.45) is 5.92 Å². The smallest absolute Gasteiger partial charge is 0.356 e. The van der Waals surface area contributed by atoms with E-state index in [0.29, 0.717) is 30.3 Å². The van der Waals surface area contributed by atoms with Gasteiger partial charge in [0.15, 0.2) is 0 Å². The molecule has 10 heteroatoms. The molecule has 0 unspecified atom stereocenters. The molecule has 3 aromatic rings. The molecule has 1 aromatic carbocycles. The molecule has 0 radical (unpaired) electrons. The quantitative estimate of drug-likeness (QED) is 0.530. The Balaban J connectivity index is 1.47. The van der Waals surface area contributed by atoms with E-state index in [1.165, 1.54) is 17.4 Å². The molecule has 1 aliphatic rings. The molecule has 0 saturated carbocycles. The van der Waals surface area contributed by atoms with Crippen molar-refractivity contribution in [2.45, 2.75) is 39.4 Å². The average molecular weight is 464 g/mol. The van der Waals surface area contributed by atoms with Crippen LogP contribution in [0.5, 0.6) is 0 Å². The number of hydrogen-bond donors (Lipinski definition) is 2. The van der Waals surface area contributed by atoms with Crippen LogP contribution in [0.2, 0.25) is 0 Å². The van der Waals surface area contributed by atoms with Crippen LogP contribution in [0.15, 0.2) is 30.3 Å². The number of pyridine rings is 1. The molecule has 3 heterocycles. The van der Waals surface area contributed by atoms with Crippen LogP contribution in [0.4, 0.5) is 29.5 Å². The number of carbonyl (C=O) groups excluding carboxylic acids is 1. The summed E-state index contributed by atoms with van der Waals surface area (Å²) in [5, 5.41) is 6.45. The Bertz CT molecular complexity index is 1120. The van der Waals surface area contributed by atoms with Crippen molar-refractivity contribution >= 4 is 39.1 Å². The lowest BCUT2D eigenvalue weighted by Crippen LogP contribution is -2.35. The topological polar surface area (TPSA) is 70.1 Å². The van der Waals surface area contributed by atoms with Gasteiger partial charge in [0.05, 0.1) is 15.2 Å². The zero-order chi connectivity index (χ0) is 22.9. The van der Waals surface area contributed by atoms with Crippen LogP contribution >= 0.6 is 11.3 Å². The van der Waals surface area contributed by atoms with Gasteiger partial charge in [-0.25, -0.2) is 14.8 Å². The zero-order valence-electron chi connectivity index (χ0n) is 17.8. The highest BCUT2D eigenvalue weighted by Gasteiger charge is 2.34. The third-order valence-electron chi connectivity index (χ3n) is 5.52. The molecular formula is C22H24F3N5OS. The Kier molecular flexibility index (Phi) is 6.23. The van der Waals surface area contributed by atoms with Gasteiger partial charge in [0, 0.05) is 30.9 Å². The molecule has 2 N–H and O–H groups in total. The second-order valence-electron chi connectivity index (χ2n) is 8.07. The van der Waals surface area contributed by atoms with E-state index in [1.54, 1.807) is 6.07 Å². The first-order valence-electron chi connectivity index (χ1n) is 10.4. The standard InChI is InChI=1S/C22H24F3N5OS/c1-13-7-9-30(10-8-13)20-15(3-6-19(29-20)22(23,24)25)12-26-21(31)28-16-4-5-17-18(11-16)32-14(2)27-17/h3-6,11,13H,7-10,12H2,1-2H3,(H2,26,28,31). The molecule has 2 aromatic heterocycles.